The molecule has 6 nitrogen and oxygen atoms in total. The summed E-state index contributed by atoms with van der Waals surface area (Å²) in [5, 5.41) is 3.16. The van der Waals surface area contributed by atoms with Crippen molar-refractivity contribution in [2.24, 2.45) is 11.8 Å². The van der Waals surface area contributed by atoms with Gasteiger partial charge in [-0.15, -0.1) is 0 Å². The first-order chi connectivity index (χ1) is 16.4. The molecule has 0 bridgehead atoms. The van der Waals surface area contributed by atoms with Gasteiger partial charge in [0.25, 0.3) is 0 Å². The van der Waals surface area contributed by atoms with Crippen LogP contribution in [-0.2, 0) is 14.9 Å². The second-order valence-corrected chi connectivity index (χ2v) is 11.2. The van der Waals surface area contributed by atoms with E-state index in [0.29, 0.717) is 18.4 Å². The molecule has 2 atom stereocenters. The van der Waals surface area contributed by atoms with Crippen LogP contribution in [0.5, 0.6) is 0 Å². The van der Waals surface area contributed by atoms with Gasteiger partial charge in [-0.1, -0.05) is 38.1 Å². The zero-order valence-electron chi connectivity index (χ0n) is 21.4. The van der Waals surface area contributed by atoms with Crippen LogP contribution < -0.4 is 5.32 Å². The molecule has 2 heterocycles. The van der Waals surface area contributed by atoms with Crippen LogP contribution in [0.25, 0.3) is 0 Å². The van der Waals surface area contributed by atoms with Crippen LogP contribution >= 0.6 is 0 Å². The van der Waals surface area contributed by atoms with Crippen LogP contribution in [0.4, 0.5) is 4.79 Å². The molecule has 34 heavy (non-hydrogen) atoms. The predicted molar refractivity (Wildman–Crippen MR) is 135 cm³/mol. The highest BCUT2D eigenvalue weighted by Crippen LogP contribution is 2.48. The van der Waals surface area contributed by atoms with Gasteiger partial charge in [0.15, 0.2) is 0 Å². The lowest BCUT2D eigenvalue weighted by molar-refractivity contribution is -0.119. The monoisotopic (exact) mass is 469 g/mol. The Bertz CT molecular complexity index is 847. The number of nitrogens with zero attached hydrogens (tertiary/aromatic N) is 2. The molecule has 3 aliphatic rings. The van der Waals surface area contributed by atoms with Crippen molar-refractivity contribution in [3.8, 4) is 0 Å². The van der Waals surface area contributed by atoms with Crippen LogP contribution in [0, 0.1) is 11.8 Å². The van der Waals surface area contributed by atoms with E-state index in [1.807, 2.05) is 4.90 Å². The minimum absolute atomic E-state index is 0.0556. The Kier molecular flexibility index (Phi) is 8.18. The lowest BCUT2D eigenvalue weighted by Crippen LogP contribution is -2.47. The molecular weight excluding hydrogens is 426 g/mol. The molecule has 0 saturated carbocycles. The number of rotatable bonds is 6. The second-order valence-electron chi connectivity index (χ2n) is 11.2. The molecule has 0 radical (unpaired) electrons. The van der Waals surface area contributed by atoms with Gasteiger partial charge in [-0.2, -0.15) is 0 Å². The number of carbonyl (C=O) groups is 2. The molecule has 2 fully saturated rings. The maximum absolute atomic E-state index is 12.4. The summed E-state index contributed by atoms with van der Waals surface area (Å²) in [6.07, 6.45) is 7.87. The summed E-state index contributed by atoms with van der Waals surface area (Å²) in [7, 11) is 0. The van der Waals surface area contributed by atoms with Crippen LogP contribution in [0.15, 0.2) is 24.3 Å². The highest BCUT2D eigenvalue weighted by molar-refractivity contribution is 5.73. The number of hydrogen-bond donors (Lipinski definition) is 1. The molecule has 1 N–H and O–H groups in total. The largest absolute Gasteiger partial charge is 0.449 e. The van der Waals surface area contributed by atoms with Crippen LogP contribution in [0.2, 0.25) is 0 Å². The van der Waals surface area contributed by atoms with Gasteiger partial charge in [-0.25, -0.2) is 4.79 Å². The van der Waals surface area contributed by atoms with Crippen LogP contribution in [0.1, 0.15) is 82.9 Å². The average Bonchev–Trinajstić information content (AvgIpc) is 2.84. The smallest absolute Gasteiger partial charge is 0.409 e. The van der Waals surface area contributed by atoms with Crippen LogP contribution in [0.3, 0.4) is 0 Å². The summed E-state index contributed by atoms with van der Waals surface area (Å²) < 4.78 is 5.46. The van der Waals surface area contributed by atoms with Crippen molar-refractivity contribution in [2.75, 3.05) is 39.3 Å². The van der Waals surface area contributed by atoms with E-state index in [-0.39, 0.29) is 23.5 Å². The molecule has 2 amide bonds. The Labute approximate surface area is 205 Å². The summed E-state index contributed by atoms with van der Waals surface area (Å²) in [4.78, 5) is 28.6. The van der Waals surface area contributed by atoms with Crippen molar-refractivity contribution < 1.29 is 14.3 Å². The fraction of sp³-hybridized carbons (Fsp3) is 0.714. The summed E-state index contributed by atoms with van der Waals surface area (Å²) in [5.74, 6) is 1.00. The van der Waals surface area contributed by atoms with Gasteiger partial charge >= 0.3 is 6.09 Å². The number of piperidine rings is 2. The highest BCUT2D eigenvalue weighted by Gasteiger charge is 2.42. The topological polar surface area (TPSA) is 61.9 Å². The van der Waals surface area contributed by atoms with E-state index >= 15 is 0 Å². The quantitative estimate of drug-likeness (QED) is 0.645. The Balaban J connectivity index is 1.28. The van der Waals surface area contributed by atoms with Gasteiger partial charge in [-0.3, -0.25) is 4.79 Å². The van der Waals surface area contributed by atoms with E-state index in [9.17, 15) is 9.59 Å². The van der Waals surface area contributed by atoms with Gasteiger partial charge in [-0.05, 0) is 93.0 Å². The Morgan fingerprint density at radius 1 is 1.12 bits per heavy atom. The first-order valence-corrected chi connectivity index (χ1v) is 13.4. The Morgan fingerprint density at radius 2 is 1.88 bits per heavy atom. The van der Waals surface area contributed by atoms with E-state index in [4.69, 9.17) is 4.74 Å². The number of amides is 2. The summed E-state index contributed by atoms with van der Waals surface area (Å²) in [6, 6.07) is 8.93. The SMILES string of the molecule is CC(=O)NC1CCC2(CCN(CCC3CCCN(C(=O)OCC(C)C)C3)CC2)c2ccccc21. The average molecular weight is 470 g/mol. The first-order valence-electron chi connectivity index (χ1n) is 13.4. The molecule has 2 saturated heterocycles. The van der Waals surface area contributed by atoms with Crippen molar-refractivity contribution in [3.05, 3.63) is 35.4 Å². The van der Waals surface area contributed by atoms with Gasteiger partial charge in [0, 0.05) is 20.0 Å². The lowest BCUT2D eigenvalue weighted by Gasteiger charge is -2.47. The number of fused-ring (bicyclic) bond motifs is 2. The summed E-state index contributed by atoms with van der Waals surface area (Å²) in [5.41, 5.74) is 3.04. The van der Waals surface area contributed by atoms with Gasteiger partial charge in [0.2, 0.25) is 5.91 Å². The third kappa shape index (κ3) is 5.94. The third-order valence-electron chi connectivity index (χ3n) is 8.18. The zero-order valence-corrected chi connectivity index (χ0v) is 21.4. The van der Waals surface area contributed by atoms with E-state index < -0.39 is 0 Å². The first kappa shape index (κ1) is 25.0. The third-order valence-corrected chi connectivity index (χ3v) is 8.18. The maximum atomic E-state index is 12.4. The highest BCUT2D eigenvalue weighted by atomic mass is 16.6. The number of carbonyl (C=O) groups excluding carboxylic acids is 2. The second kappa shape index (κ2) is 11.1. The van der Waals surface area contributed by atoms with Crippen LogP contribution in [-0.4, -0.2) is 61.1 Å². The van der Waals surface area contributed by atoms with Crippen molar-refractivity contribution in [3.63, 3.8) is 0 Å². The standard InChI is InChI=1S/C28H43N3O3/c1-21(2)20-34-27(33)31-15-6-7-23(19-31)11-16-30-17-13-28(14-18-30)12-10-26(29-22(3)32)24-8-4-5-9-25(24)28/h4-5,8-9,21,23,26H,6-7,10-20H2,1-3H3,(H,29,32). The fourth-order valence-corrected chi connectivity index (χ4v) is 6.27. The molecule has 2 unspecified atom stereocenters. The fourth-order valence-electron chi connectivity index (χ4n) is 6.27. The number of ether oxygens (including phenoxy) is 1. The van der Waals surface area contributed by atoms with Crippen molar-refractivity contribution in [1.29, 1.82) is 0 Å². The summed E-state index contributed by atoms with van der Waals surface area (Å²) >= 11 is 0. The zero-order chi connectivity index (χ0) is 24.1. The molecule has 188 valence electrons. The van der Waals surface area contributed by atoms with E-state index in [0.717, 1.165) is 58.4 Å². The normalized spacial score (nSPS) is 24.6. The van der Waals surface area contributed by atoms with Gasteiger partial charge in [0.05, 0.1) is 12.6 Å². The van der Waals surface area contributed by atoms with Crippen molar-refractivity contribution >= 4 is 12.0 Å². The minimum atomic E-state index is -0.133. The van der Waals surface area contributed by atoms with Crippen molar-refractivity contribution in [1.82, 2.24) is 15.1 Å². The minimum Gasteiger partial charge on any atom is -0.449 e. The molecule has 1 spiro atoms. The van der Waals surface area contributed by atoms with Gasteiger partial charge in [0.1, 0.15) is 0 Å². The molecule has 1 aromatic carbocycles. The maximum Gasteiger partial charge on any atom is 0.409 e. The molecule has 6 heteroatoms. The number of benzene rings is 1. The number of likely N-dealkylation sites (tertiary alicyclic amines) is 2. The number of hydrogen-bond acceptors (Lipinski definition) is 4. The van der Waals surface area contributed by atoms with E-state index in [1.54, 1.807) is 6.92 Å². The van der Waals surface area contributed by atoms with E-state index in [1.165, 1.54) is 30.4 Å². The van der Waals surface area contributed by atoms with E-state index in [2.05, 4.69) is 48.3 Å². The Hall–Kier alpha value is -2.08. The van der Waals surface area contributed by atoms with Crippen molar-refractivity contribution in [2.45, 2.75) is 77.2 Å². The molecule has 4 rings (SSSR count). The molecule has 2 aliphatic heterocycles. The lowest BCUT2D eigenvalue weighted by atomic mass is 9.63. The molecule has 0 aromatic heterocycles. The van der Waals surface area contributed by atoms with Gasteiger partial charge < -0.3 is 19.9 Å². The summed E-state index contributed by atoms with van der Waals surface area (Å²) in [6.45, 7) is 11.3. The number of nitrogens with one attached hydrogen (secondary N) is 1. The molecule has 1 aliphatic carbocycles. The molecule has 1 aromatic rings. The predicted octanol–water partition coefficient (Wildman–Crippen LogP) is 4.89. The Morgan fingerprint density at radius 3 is 2.62 bits per heavy atom. The molecular formula is C28H43N3O3.